The number of hydrogen-bond donors (Lipinski definition) is 3. The van der Waals surface area contributed by atoms with E-state index in [1.54, 1.807) is 6.07 Å². The van der Waals surface area contributed by atoms with Gasteiger partial charge in [-0.3, -0.25) is 5.32 Å². The molecule has 3 aromatic rings. The summed E-state index contributed by atoms with van der Waals surface area (Å²) in [6, 6.07) is 6.63. The number of carbonyl (C=O) groups excluding carboxylic acids is 1. The lowest BCUT2D eigenvalue weighted by atomic mass is 10.0. The van der Waals surface area contributed by atoms with Crippen molar-refractivity contribution >= 4 is 23.5 Å². The molecular weight excluding hydrogens is 469 g/mol. The van der Waals surface area contributed by atoms with Crippen molar-refractivity contribution in [3.63, 3.8) is 0 Å². The Morgan fingerprint density at radius 1 is 1.09 bits per heavy atom. The molecule has 12 heteroatoms. The van der Waals surface area contributed by atoms with E-state index >= 15 is 0 Å². The summed E-state index contributed by atoms with van der Waals surface area (Å²) in [6.07, 6.45) is 1.33. The molecule has 0 saturated heterocycles. The Bertz CT molecular complexity index is 1200. The number of ether oxygens (including phenoxy) is 1. The fraction of sp³-hybridized carbons (Fsp3) is 0.304. The molecular formula is C23H21F3N4O5. The molecule has 0 bridgehead atoms. The molecule has 184 valence electrons. The van der Waals surface area contributed by atoms with Gasteiger partial charge in [-0.05, 0) is 56.0 Å². The number of aliphatic carboxylic acids is 1. The number of alkyl halides is 3. The van der Waals surface area contributed by atoms with Gasteiger partial charge in [0.1, 0.15) is 18.0 Å². The fourth-order valence-corrected chi connectivity index (χ4v) is 3.85. The standard InChI is InChI=1S/C23H21F3N4O5/c24-23(25,26)15-4-3-5-16(10-15)29-21(33)30-18-7-6-14(11-27-18)17-12-28-20(35-17)22(8-1-2-9-22)34-13-19(31)32/h3-7,10-12H,1-2,8-9,13H2,(H,31,32)(H2,27,29,30,33). The highest BCUT2D eigenvalue weighted by Crippen LogP contribution is 2.42. The molecule has 2 aromatic heterocycles. The number of amides is 2. The van der Waals surface area contributed by atoms with Crippen molar-refractivity contribution in [1.82, 2.24) is 9.97 Å². The molecule has 1 saturated carbocycles. The van der Waals surface area contributed by atoms with Crippen molar-refractivity contribution < 1.29 is 37.0 Å². The first-order chi connectivity index (χ1) is 16.6. The highest BCUT2D eigenvalue weighted by molar-refractivity contribution is 5.99. The summed E-state index contributed by atoms with van der Waals surface area (Å²) >= 11 is 0. The van der Waals surface area contributed by atoms with Crippen LogP contribution >= 0.6 is 0 Å². The number of urea groups is 1. The quantitative estimate of drug-likeness (QED) is 0.412. The monoisotopic (exact) mass is 490 g/mol. The molecule has 1 aliphatic rings. The highest BCUT2D eigenvalue weighted by atomic mass is 19.4. The molecule has 9 nitrogen and oxygen atoms in total. The van der Waals surface area contributed by atoms with Crippen LogP contribution in [-0.2, 0) is 21.3 Å². The lowest BCUT2D eigenvalue weighted by molar-refractivity contribution is -0.152. The van der Waals surface area contributed by atoms with Crippen molar-refractivity contribution in [2.24, 2.45) is 0 Å². The van der Waals surface area contributed by atoms with Crippen molar-refractivity contribution in [2.45, 2.75) is 37.5 Å². The van der Waals surface area contributed by atoms with Gasteiger partial charge in [-0.15, -0.1) is 0 Å². The summed E-state index contributed by atoms with van der Waals surface area (Å²) < 4.78 is 50.0. The minimum Gasteiger partial charge on any atom is -0.480 e. The Kier molecular flexibility index (Phi) is 6.74. The van der Waals surface area contributed by atoms with Crippen LogP contribution in [0, 0.1) is 0 Å². The van der Waals surface area contributed by atoms with Crippen LogP contribution in [0.2, 0.25) is 0 Å². The zero-order chi connectivity index (χ0) is 25.1. The third kappa shape index (κ3) is 5.77. The number of halogens is 3. The van der Waals surface area contributed by atoms with Crippen LogP contribution in [-0.4, -0.2) is 33.7 Å². The summed E-state index contributed by atoms with van der Waals surface area (Å²) in [4.78, 5) is 31.5. The number of nitrogens with one attached hydrogen (secondary N) is 2. The first-order valence-corrected chi connectivity index (χ1v) is 10.7. The second-order valence-corrected chi connectivity index (χ2v) is 8.00. The van der Waals surface area contributed by atoms with Crippen molar-refractivity contribution in [3.8, 4) is 11.3 Å². The van der Waals surface area contributed by atoms with E-state index in [0.717, 1.165) is 25.0 Å². The maximum absolute atomic E-state index is 12.8. The number of aromatic nitrogens is 2. The van der Waals surface area contributed by atoms with Gasteiger partial charge >= 0.3 is 18.2 Å². The Labute approximate surface area is 197 Å². The molecule has 0 radical (unpaired) electrons. The summed E-state index contributed by atoms with van der Waals surface area (Å²) in [5.74, 6) is -0.228. The number of anilines is 2. The van der Waals surface area contributed by atoms with E-state index in [0.29, 0.717) is 30.1 Å². The molecule has 3 N–H and O–H groups in total. The van der Waals surface area contributed by atoms with Crippen LogP contribution in [0.5, 0.6) is 0 Å². The molecule has 1 aliphatic carbocycles. The number of pyridine rings is 1. The van der Waals surface area contributed by atoms with Gasteiger partial charge in [0.05, 0.1) is 11.8 Å². The fourth-order valence-electron chi connectivity index (χ4n) is 3.85. The Hall–Kier alpha value is -3.93. The van der Waals surface area contributed by atoms with E-state index in [-0.39, 0.29) is 11.5 Å². The summed E-state index contributed by atoms with van der Waals surface area (Å²) in [5, 5.41) is 13.7. The van der Waals surface area contributed by atoms with E-state index in [9.17, 15) is 22.8 Å². The lowest BCUT2D eigenvalue weighted by Gasteiger charge is -2.24. The third-order valence-electron chi connectivity index (χ3n) is 5.52. The highest BCUT2D eigenvalue weighted by Gasteiger charge is 2.42. The first-order valence-electron chi connectivity index (χ1n) is 10.7. The molecule has 0 aliphatic heterocycles. The summed E-state index contributed by atoms with van der Waals surface area (Å²) in [6.45, 7) is -0.456. The number of hydrogen-bond acceptors (Lipinski definition) is 6. The minimum absolute atomic E-state index is 0.0194. The second kappa shape index (κ2) is 9.74. The third-order valence-corrected chi connectivity index (χ3v) is 5.52. The van der Waals surface area contributed by atoms with E-state index in [1.807, 2.05) is 0 Å². The molecule has 1 aromatic carbocycles. The van der Waals surface area contributed by atoms with Crippen LogP contribution in [0.1, 0.15) is 37.1 Å². The average molecular weight is 490 g/mol. The Morgan fingerprint density at radius 2 is 1.86 bits per heavy atom. The SMILES string of the molecule is O=C(O)COC1(c2ncc(-c3ccc(NC(=O)Nc4cccc(C(F)(F)F)c4)nc3)o2)CCCC1. The predicted octanol–water partition coefficient (Wildman–Crippen LogP) is 5.27. The topological polar surface area (TPSA) is 127 Å². The van der Waals surface area contributed by atoms with Crippen LogP contribution in [0.15, 0.2) is 53.2 Å². The maximum atomic E-state index is 12.8. The number of carbonyl (C=O) groups is 2. The van der Waals surface area contributed by atoms with Crippen LogP contribution in [0.4, 0.5) is 29.5 Å². The molecule has 0 unspecified atom stereocenters. The van der Waals surface area contributed by atoms with E-state index < -0.39 is 35.9 Å². The van der Waals surface area contributed by atoms with Crippen molar-refractivity contribution in [3.05, 3.63) is 60.2 Å². The zero-order valence-electron chi connectivity index (χ0n) is 18.3. The van der Waals surface area contributed by atoms with Gasteiger partial charge in [0.15, 0.2) is 5.76 Å². The minimum atomic E-state index is -4.52. The summed E-state index contributed by atoms with van der Waals surface area (Å²) in [5.41, 5.74) is -1.22. The van der Waals surface area contributed by atoms with Gasteiger partial charge in [-0.1, -0.05) is 6.07 Å². The maximum Gasteiger partial charge on any atom is 0.416 e. The van der Waals surface area contributed by atoms with Gasteiger partial charge in [0.2, 0.25) is 5.89 Å². The van der Waals surface area contributed by atoms with Crippen LogP contribution in [0.3, 0.4) is 0 Å². The van der Waals surface area contributed by atoms with E-state index in [2.05, 4.69) is 20.6 Å². The number of benzene rings is 1. The second-order valence-electron chi connectivity index (χ2n) is 8.00. The van der Waals surface area contributed by atoms with Gasteiger partial charge in [0, 0.05) is 17.4 Å². The average Bonchev–Trinajstić information content (AvgIpc) is 3.49. The molecule has 4 rings (SSSR count). The molecule has 1 fully saturated rings. The number of oxazole rings is 1. The Morgan fingerprint density at radius 3 is 2.51 bits per heavy atom. The number of carboxylic acids is 1. The zero-order valence-corrected chi connectivity index (χ0v) is 18.3. The normalized spacial score (nSPS) is 15.1. The van der Waals surface area contributed by atoms with E-state index in [4.69, 9.17) is 14.3 Å². The largest absolute Gasteiger partial charge is 0.480 e. The number of rotatable bonds is 7. The van der Waals surface area contributed by atoms with Gasteiger partial charge in [0.25, 0.3) is 0 Å². The molecule has 0 atom stereocenters. The van der Waals surface area contributed by atoms with Gasteiger partial charge < -0.3 is 19.6 Å². The molecule has 0 spiro atoms. The predicted molar refractivity (Wildman–Crippen MR) is 118 cm³/mol. The summed E-state index contributed by atoms with van der Waals surface area (Å²) in [7, 11) is 0. The molecule has 2 heterocycles. The Balaban J connectivity index is 1.41. The van der Waals surface area contributed by atoms with Crippen molar-refractivity contribution in [1.29, 1.82) is 0 Å². The number of carboxylic acid groups (broad SMARTS) is 1. The van der Waals surface area contributed by atoms with Crippen LogP contribution < -0.4 is 10.6 Å². The smallest absolute Gasteiger partial charge is 0.416 e. The van der Waals surface area contributed by atoms with Gasteiger partial charge in [-0.25, -0.2) is 19.6 Å². The van der Waals surface area contributed by atoms with Gasteiger partial charge in [-0.2, -0.15) is 13.2 Å². The van der Waals surface area contributed by atoms with Crippen LogP contribution in [0.25, 0.3) is 11.3 Å². The molecule has 2 amide bonds. The van der Waals surface area contributed by atoms with Crippen molar-refractivity contribution in [2.75, 3.05) is 17.2 Å². The number of nitrogens with zero attached hydrogens (tertiary/aromatic N) is 2. The lowest BCUT2D eigenvalue weighted by Crippen LogP contribution is -2.29. The first kappa shape index (κ1) is 24.2. The molecule has 35 heavy (non-hydrogen) atoms. The van der Waals surface area contributed by atoms with E-state index in [1.165, 1.54) is 30.6 Å².